The first-order chi connectivity index (χ1) is 14.1. The van der Waals surface area contributed by atoms with Crippen molar-refractivity contribution >= 4 is 35.8 Å². The second-order valence-electron chi connectivity index (χ2n) is 8.83. The molecule has 2 unspecified atom stereocenters. The van der Waals surface area contributed by atoms with Gasteiger partial charge in [-0.25, -0.2) is 0 Å². The molecule has 2 atom stereocenters. The Balaban J connectivity index is 0.00000480. The molecule has 2 saturated heterocycles. The summed E-state index contributed by atoms with van der Waals surface area (Å²) in [6.07, 6.45) is -3.00. The molecule has 0 radical (unpaired) electrons. The van der Waals surface area contributed by atoms with Crippen molar-refractivity contribution in [2.45, 2.75) is 26.4 Å². The predicted octanol–water partition coefficient (Wildman–Crippen LogP) is 1.80. The number of likely N-dealkylation sites (tertiary alicyclic amines) is 1. The van der Waals surface area contributed by atoms with E-state index in [1.807, 2.05) is 4.90 Å². The molecule has 0 spiro atoms. The van der Waals surface area contributed by atoms with Gasteiger partial charge in [-0.15, -0.1) is 24.0 Å². The standard InChI is InChI=1S/C20H37F3N6O.HI/c1-16-11-17(2)13-29(12-16)18(30)14-27-7-9-28(10-8-27)19(24-3)25-5-6-26(4)15-20(21,22)23;/h16-17H,5-15H2,1-4H3,(H,24,25);1H. The van der Waals surface area contributed by atoms with E-state index in [2.05, 4.69) is 34.0 Å². The summed E-state index contributed by atoms with van der Waals surface area (Å²) in [7, 11) is 3.13. The largest absolute Gasteiger partial charge is 0.401 e. The monoisotopic (exact) mass is 562 g/mol. The fourth-order valence-electron chi connectivity index (χ4n) is 4.35. The molecule has 0 aliphatic carbocycles. The van der Waals surface area contributed by atoms with Crippen molar-refractivity contribution in [1.29, 1.82) is 0 Å². The number of amides is 1. The summed E-state index contributed by atoms with van der Waals surface area (Å²) in [6, 6.07) is 0. The highest BCUT2D eigenvalue weighted by Crippen LogP contribution is 2.21. The minimum atomic E-state index is -4.19. The first-order valence-electron chi connectivity index (χ1n) is 10.8. The molecule has 1 N–H and O–H groups in total. The van der Waals surface area contributed by atoms with Gasteiger partial charge in [0, 0.05) is 59.4 Å². The lowest BCUT2D eigenvalue weighted by Gasteiger charge is -2.39. The maximum atomic E-state index is 12.7. The van der Waals surface area contributed by atoms with Crippen molar-refractivity contribution in [2.24, 2.45) is 16.8 Å². The number of guanidine groups is 1. The number of aliphatic imine (C=N–C) groups is 1. The molecule has 2 rings (SSSR count). The van der Waals surface area contributed by atoms with Crippen molar-refractivity contribution < 1.29 is 18.0 Å². The third-order valence-electron chi connectivity index (χ3n) is 5.69. The lowest BCUT2D eigenvalue weighted by atomic mass is 9.92. The van der Waals surface area contributed by atoms with E-state index >= 15 is 0 Å². The third kappa shape index (κ3) is 10.1. The van der Waals surface area contributed by atoms with Gasteiger partial charge in [-0.3, -0.25) is 19.6 Å². The number of rotatable bonds is 6. The molecule has 182 valence electrons. The first-order valence-corrected chi connectivity index (χ1v) is 10.8. The number of halogens is 4. The van der Waals surface area contributed by atoms with Gasteiger partial charge in [0.05, 0.1) is 13.1 Å². The molecule has 2 aliphatic rings. The van der Waals surface area contributed by atoms with Crippen LogP contribution in [-0.4, -0.2) is 117 Å². The Morgan fingerprint density at radius 3 is 2.19 bits per heavy atom. The van der Waals surface area contributed by atoms with Crippen LogP contribution in [-0.2, 0) is 4.79 Å². The first kappa shape index (κ1) is 28.2. The molecule has 2 aliphatic heterocycles. The second kappa shape index (κ2) is 13.0. The Morgan fingerprint density at radius 2 is 1.68 bits per heavy atom. The molecule has 0 aromatic heterocycles. The maximum Gasteiger partial charge on any atom is 0.401 e. The summed E-state index contributed by atoms with van der Waals surface area (Å²) in [5.74, 6) is 2.01. The number of piperazine rings is 1. The third-order valence-corrected chi connectivity index (χ3v) is 5.69. The van der Waals surface area contributed by atoms with Crippen LogP contribution in [0.25, 0.3) is 0 Å². The van der Waals surface area contributed by atoms with Gasteiger partial charge in [0.15, 0.2) is 5.96 Å². The van der Waals surface area contributed by atoms with Gasteiger partial charge in [0.2, 0.25) is 5.91 Å². The van der Waals surface area contributed by atoms with E-state index in [4.69, 9.17) is 0 Å². The molecule has 7 nitrogen and oxygen atoms in total. The molecule has 0 saturated carbocycles. The Morgan fingerprint density at radius 1 is 1.10 bits per heavy atom. The fourth-order valence-corrected chi connectivity index (χ4v) is 4.35. The fraction of sp³-hybridized carbons (Fsp3) is 0.900. The van der Waals surface area contributed by atoms with Gasteiger partial charge in [0.1, 0.15) is 0 Å². The van der Waals surface area contributed by atoms with Crippen molar-refractivity contribution in [3.8, 4) is 0 Å². The molecule has 2 fully saturated rings. The molecular formula is C20H38F3IN6O. The number of hydrogen-bond donors (Lipinski definition) is 1. The number of alkyl halides is 3. The van der Waals surface area contributed by atoms with Crippen LogP contribution in [0.2, 0.25) is 0 Å². The summed E-state index contributed by atoms with van der Waals surface area (Å²) in [6.45, 7) is 9.29. The average Bonchev–Trinajstić information content (AvgIpc) is 2.64. The average molecular weight is 562 g/mol. The lowest BCUT2D eigenvalue weighted by molar-refractivity contribution is -0.142. The Hall–Kier alpha value is -0.820. The van der Waals surface area contributed by atoms with Crippen LogP contribution >= 0.6 is 24.0 Å². The summed E-state index contributed by atoms with van der Waals surface area (Å²) in [5.41, 5.74) is 0. The number of carbonyl (C=O) groups excluding carboxylic acids is 1. The number of hydrogen-bond acceptors (Lipinski definition) is 4. The minimum Gasteiger partial charge on any atom is -0.355 e. The van der Waals surface area contributed by atoms with Crippen molar-refractivity contribution in [2.75, 3.05) is 79.5 Å². The van der Waals surface area contributed by atoms with E-state index < -0.39 is 12.7 Å². The molecule has 11 heteroatoms. The van der Waals surface area contributed by atoms with Gasteiger partial charge >= 0.3 is 6.18 Å². The van der Waals surface area contributed by atoms with Crippen LogP contribution in [0.4, 0.5) is 13.2 Å². The number of piperidine rings is 1. The Labute approximate surface area is 201 Å². The molecule has 0 aromatic carbocycles. The zero-order valence-corrected chi connectivity index (χ0v) is 21.4. The van der Waals surface area contributed by atoms with E-state index in [9.17, 15) is 18.0 Å². The highest BCUT2D eigenvalue weighted by molar-refractivity contribution is 14.0. The second-order valence-corrected chi connectivity index (χ2v) is 8.83. The SMILES string of the molecule is CN=C(NCCN(C)CC(F)(F)F)N1CCN(CC(=O)N2CC(C)CC(C)C2)CC1.I. The van der Waals surface area contributed by atoms with E-state index in [1.54, 1.807) is 7.05 Å². The van der Waals surface area contributed by atoms with Crippen molar-refractivity contribution in [3.05, 3.63) is 0 Å². The summed E-state index contributed by atoms with van der Waals surface area (Å²) in [5, 5.41) is 3.15. The number of nitrogens with one attached hydrogen (secondary N) is 1. The van der Waals surface area contributed by atoms with Crippen LogP contribution in [0.5, 0.6) is 0 Å². The minimum absolute atomic E-state index is 0. The molecule has 0 aromatic rings. The number of nitrogens with zero attached hydrogens (tertiary/aromatic N) is 5. The quantitative estimate of drug-likeness (QED) is 0.304. The van der Waals surface area contributed by atoms with Crippen LogP contribution in [0.3, 0.4) is 0 Å². The van der Waals surface area contributed by atoms with Crippen LogP contribution in [0.1, 0.15) is 20.3 Å². The molecule has 31 heavy (non-hydrogen) atoms. The highest BCUT2D eigenvalue weighted by Gasteiger charge is 2.29. The molecule has 2 heterocycles. The Bertz CT molecular complexity index is 574. The van der Waals surface area contributed by atoms with Crippen LogP contribution in [0.15, 0.2) is 4.99 Å². The highest BCUT2D eigenvalue weighted by atomic mass is 127. The summed E-state index contributed by atoms with van der Waals surface area (Å²) >= 11 is 0. The van der Waals surface area contributed by atoms with Crippen molar-refractivity contribution in [1.82, 2.24) is 24.9 Å². The van der Waals surface area contributed by atoms with Gasteiger partial charge in [-0.2, -0.15) is 13.2 Å². The molecule has 0 bridgehead atoms. The van der Waals surface area contributed by atoms with Gasteiger partial charge in [-0.05, 0) is 25.3 Å². The number of likely N-dealkylation sites (N-methyl/N-ethyl adjacent to an activating group) is 1. The molecule has 1 amide bonds. The Kier molecular flexibility index (Phi) is 11.9. The number of carbonyl (C=O) groups is 1. The summed E-state index contributed by atoms with van der Waals surface area (Å²) < 4.78 is 37.2. The van der Waals surface area contributed by atoms with E-state index in [-0.39, 0.29) is 36.4 Å². The van der Waals surface area contributed by atoms with Crippen LogP contribution < -0.4 is 5.32 Å². The van der Waals surface area contributed by atoms with E-state index in [0.717, 1.165) is 39.3 Å². The summed E-state index contributed by atoms with van der Waals surface area (Å²) in [4.78, 5) is 24.5. The van der Waals surface area contributed by atoms with Gasteiger partial charge in [-0.1, -0.05) is 13.8 Å². The van der Waals surface area contributed by atoms with E-state index in [1.165, 1.54) is 18.4 Å². The molecular weight excluding hydrogens is 524 g/mol. The van der Waals surface area contributed by atoms with E-state index in [0.29, 0.717) is 30.9 Å². The zero-order chi connectivity index (χ0) is 22.3. The van der Waals surface area contributed by atoms with Gasteiger partial charge in [0.25, 0.3) is 0 Å². The normalized spacial score (nSPS) is 23.7. The van der Waals surface area contributed by atoms with Gasteiger partial charge < -0.3 is 15.1 Å². The smallest absolute Gasteiger partial charge is 0.355 e. The topological polar surface area (TPSA) is 54.4 Å². The van der Waals surface area contributed by atoms with Crippen molar-refractivity contribution in [3.63, 3.8) is 0 Å². The maximum absolute atomic E-state index is 12.7. The predicted molar refractivity (Wildman–Crippen MR) is 128 cm³/mol. The lowest BCUT2D eigenvalue weighted by Crippen LogP contribution is -2.55. The zero-order valence-electron chi connectivity index (χ0n) is 19.1. The van der Waals surface area contributed by atoms with Crippen LogP contribution in [0, 0.1) is 11.8 Å².